The third-order valence-corrected chi connectivity index (χ3v) is 2.93. The topological polar surface area (TPSA) is 20.3 Å². The molecule has 0 saturated carbocycles. The third-order valence-electron chi connectivity index (χ3n) is 2.15. The van der Waals surface area contributed by atoms with Crippen molar-refractivity contribution in [3.63, 3.8) is 0 Å². The smallest absolute Gasteiger partial charge is 0.246 e. The summed E-state index contributed by atoms with van der Waals surface area (Å²) < 4.78 is 1.03. The molecule has 0 radical (unpaired) electrons. The molecule has 0 aliphatic heterocycles. The van der Waals surface area contributed by atoms with Gasteiger partial charge in [0.25, 0.3) is 0 Å². The van der Waals surface area contributed by atoms with E-state index in [1.165, 1.54) is 0 Å². The highest BCUT2D eigenvalue weighted by Gasteiger charge is 2.07. The van der Waals surface area contributed by atoms with Gasteiger partial charge in [-0.2, -0.15) is 0 Å². The number of benzene rings is 1. The van der Waals surface area contributed by atoms with Gasteiger partial charge in [-0.15, -0.1) is 0 Å². The van der Waals surface area contributed by atoms with Gasteiger partial charge in [-0.3, -0.25) is 4.79 Å². The fourth-order valence-electron chi connectivity index (χ4n) is 1.32. The van der Waals surface area contributed by atoms with Gasteiger partial charge >= 0.3 is 0 Å². The van der Waals surface area contributed by atoms with Crippen molar-refractivity contribution in [2.75, 3.05) is 7.05 Å². The Morgan fingerprint density at radius 2 is 2.00 bits per heavy atom. The Labute approximate surface area is 105 Å². The summed E-state index contributed by atoms with van der Waals surface area (Å²) in [5, 5.41) is 0. The van der Waals surface area contributed by atoms with Gasteiger partial charge in [0, 0.05) is 24.1 Å². The first-order valence-corrected chi connectivity index (χ1v) is 5.93. The molecule has 0 bridgehead atoms. The molecule has 2 nitrogen and oxygen atoms in total. The minimum atomic E-state index is 0.0377. The lowest BCUT2D eigenvalue weighted by molar-refractivity contribution is -0.125. The molecule has 0 fully saturated rings. The Hall–Kier alpha value is -1.09. The molecule has 1 amide bonds. The van der Waals surface area contributed by atoms with Crippen LogP contribution in [0.2, 0.25) is 0 Å². The lowest BCUT2D eigenvalue weighted by Crippen LogP contribution is -2.24. The minimum absolute atomic E-state index is 0.0377. The highest BCUT2D eigenvalue weighted by atomic mass is 79.9. The van der Waals surface area contributed by atoms with Gasteiger partial charge in [0.1, 0.15) is 0 Å². The maximum absolute atomic E-state index is 11.7. The molecule has 0 atom stereocenters. The maximum atomic E-state index is 11.7. The average molecular weight is 282 g/mol. The van der Waals surface area contributed by atoms with Crippen LogP contribution in [0.25, 0.3) is 0 Å². The van der Waals surface area contributed by atoms with Crippen LogP contribution in [0.4, 0.5) is 0 Å². The molecule has 1 aromatic carbocycles. The van der Waals surface area contributed by atoms with Gasteiger partial charge in [0.2, 0.25) is 5.91 Å². The van der Waals surface area contributed by atoms with Gasteiger partial charge in [0.15, 0.2) is 0 Å². The lowest BCUT2D eigenvalue weighted by Gasteiger charge is -2.16. The zero-order valence-corrected chi connectivity index (χ0v) is 11.4. The number of nitrogens with zero attached hydrogens (tertiary/aromatic N) is 1. The van der Waals surface area contributed by atoms with Crippen molar-refractivity contribution in [2.24, 2.45) is 0 Å². The fourth-order valence-corrected chi connectivity index (χ4v) is 1.73. The van der Waals surface area contributed by atoms with Crippen LogP contribution < -0.4 is 0 Å². The fraction of sp³-hybridized carbons (Fsp3) is 0.308. The van der Waals surface area contributed by atoms with Gasteiger partial charge in [-0.1, -0.05) is 39.7 Å². The number of hydrogen-bond donors (Lipinski definition) is 0. The van der Waals surface area contributed by atoms with Crippen LogP contribution in [-0.4, -0.2) is 17.9 Å². The van der Waals surface area contributed by atoms with Crippen LogP contribution in [0.15, 0.2) is 40.4 Å². The first-order chi connectivity index (χ1) is 7.50. The van der Waals surface area contributed by atoms with E-state index in [-0.39, 0.29) is 5.91 Å². The molecule has 3 heteroatoms. The number of likely N-dealkylation sites (N-methyl/N-ethyl adjacent to an activating group) is 1. The highest BCUT2D eigenvalue weighted by Crippen LogP contribution is 2.17. The number of amides is 1. The second-order valence-corrected chi connectivity index (χ2v) is 4.86. The number of hydrogen-bond acceptors (Lipinski definition) is 1. The van der Waals surface area contributed by atoms with Crippen LogP contribution >= 0.6 is 15.9 Å². The third kappa shape index (κ3) is 3.81. The van der Waals surface area contributed by atoms with E-state index in [0.29, 0.717) is 6.54 Å². The van der Waals surface area contributed by atoms with E-state index in [1.807, 2.05) is 38.1 Å². The number of allylic oxidation sites excluding steroid dienone is 1. The van der Waals surface area contributed by atoms with Crippen molar-refractivity contribution in [2.45, 2.75) is 20.4 Å². The summed E-state index contributed by atoms with van der Waals surface area (Å²) >= 11 is 3.47. The van der Waals surface area contributed by atoms with Crippen LogP contribution in [-0.2, 0) is 11.3 Å². The van der Waals surface area contributed by atoms with E-state index in [0.717, 1.165) is 15.6 Å². The first kappa shape index (κ1) is 13.0. The molecule has 1 aromatic rings. The quantitative estimate of drug-likeness (QED) is 0.778. The average Bonchev–Trinajstić information content (AvgIpc) is 2.20. The Bertz CT molecular complexity index is 408. The summed E-state index contributed by atoms with van der Waals surface area (Å²) in [5.74, 6) is 0.0377. The number of rotatable bonds is 3. The Morgan fingerprint density at radius 1 is 1.38 bits per heavy atom. The Balaban J connectivity index is 2.72. The van der Waals surface area contributed by atoms with Crippen molar-refractivity contribution < 1.29 is 4.79 Å². The van der Waals surface area contributed by atoms with E-state index in [4.69, 9.17) is 0 Å². The summed E-state index contributed by atoms with van der Waals surface area (Å²) in [4.78, 5) is 13.4. The van der Waals surface area contributed by atoms with E-state index in [1.54, 1.807) is 18.0 Å². The molecule has 0 aromatic heterocycles. The zero-order valence-electron chi connectivity index (χ0n) is 9.83. The number of carbonyl (C=O) groups excluding carboxylic acids is 1. The standard InChI is InChI=1S/C13H16BrNO/c1-10(2)8-13(16)15(3)9-11-6-4-5-7-12(11)14/h4-8H,9H2,1-3H3. The molecule has 0 heterocycles. The summed E-state index contributed by atoms with van der Waals surface area (Å²) in [6, 6.07) is 7.93. The molecule has 86 valence electrons. The van der Waals surface area contributed by atoms with E-state index in [9.17, 15) is 4.79 Å². The predicted molar refractivity (Wildman–Crippen MR) is 70.0 cm³/mol. The van der Waals surface area contributed by atoms with Crippen molar-refractivity contribution in [1.82, 2.24) is 4.90 Å². The summed E-state index contributed by atoms with van der Waals surface area (Å²) in [7, 11) is 1.81. The van der Waals surface area contributed by atoms with Crippen LogP contribution in [0.1, 0.15) is 19.4 Å². The summed E-state index contributed by atoms with van der Waals surface area (Å²) in [6.45, 7) is 4.46. The zero-order chi connectivity index (χ0) is 12.1. The lowest BCUT2D eigenvalue weighted by atomic mass is 10.2. The van der Waals surface area contributed by atoms with Crippen molar-refractivity contribution in [3.05, 3.63) is 46.0 Å². The SMILES string of the molecule is CC(C)=CC(=O)N(C)Cc1ccccc1Br. The molecule has 16 heavy (non-hydrogen) atoms. The van der Waals surface area contributed by atoms with Gasteiger partial charge < -0.3 is 4.90 Å². The molecule has 0 unspecified atom stereocenters. The van der Waals surface area contributed by atoms with Gasteiger partial charge in [0.05, 0.1) is 0 Å². The molecule has 0 N–H and O–H groups in total. The number of carbonyl (C=O) groups is 1. The van der Waals surface area contributed by atoms with Crippen LogP contribution in [0, 0.1) is 0 Å². The highest BCUT2D eigenvalue weighted by molar-refractivity contribution is 9.10. The minimum Gasteiger partial charge on any atom is -0.338 e. The molecule has 0 saturated heterocycles. The molecule has 0 aliphatic rings. The first-order valence-electron chi connectivity index (χ1n) is 5.14. The van der Waals surface area contributed by atoms with E-state index in [2.05, 4.69) is 15.9 Å². The summed E-state index contributed by atoms with van der Waals surface area (Å²) in [6.07, 6.45) is 1.65. The predicted octanol–water partition coefficient (Wildman–Crippen LogP) is 3.37. The molecular formula is C13H16BrNO. The summed E-state index contributed by atoms with van der Waals surface area (Å²) in [5.41, 5.74) is 2.13. The number of halogens is 1. The van der Waals surface area contributed by atoms with E-state index < -0.39 is 0 Å². The van der Waals surface area contributed by atoms with Crippen LogP contribution in [0.3, 0.4) is 0 Å². The van der Waals surface area contributed by atoms with Crippen LogP contribution in [0.5, 0.6) is 0 Å². The second kappa shape index (κ2) is 5.85. The van der Waals surface area contributed by atoms with Crippen molar-refractivity contribution in [3.8, 4) is 0 Å². The largest absolute Gasteiger partial charge is 0.338 e. The Morgan fingerprint density at radius 3 is 2.56 bits per heavy atom. The Kier molecular flexibility index (Phi) is 4.74. The maximum Gasteiger partial charge on any atom is 0.246 e. The molecule has 0 spiro atoms. The van der Waals surface area contributed by atoms with Gasteiger partial charge in [-0.05, 0) is 25.5 Å². The monoisotopic (exact) mass is 281 g/mol. The van der Waals surface area contributed by atoms with Crippen molar-refractivity contribution >= 4 is 21.8 Å². The molecule has 1 rings (SSSR count). The molecule has 0 aliphatic carbocycles. The van der Waals surface area contributed by atoms with Gasteiger partial charge in [-0.25, -0.2) is 0 Å². The normalized spacial score (nSPS) is 9.75. The second-order valence-electron chi connectivity index (χ2n) is 4.01. The van der Waals surface area contributed by atoms with E-state index >= 15 is 0 Å². The van der Waals surface area contributed by atoms with Crippen molar-refractivity contribution in [1.29, 1.82) is 0 Å². The molecular weight excluding hydrogens is 266 g/mol.